The molecule has 0 atom stereocenters. The monoisotopic (exact) mass is 121 g/mol. The van der Waals surface area contributed by atoms with Crippen molar-refractivity contribution in [2.24, 2.45) is 21.5 Å². The van der Waals surface area contributed by atoms with Crippen LogP contribution in [-0.4, -0.2) is 10.3 Å². The molecule has 8 heteroatoms. The molecule has 0 aliphatic rings. The summed E-state index contributed by atoms with van der Waals surface area (Å²) in [5.41, 5.74) is 0. The summed E-state index contributed by atoms with van der Waals surface area (Å²) in [6.07, 6.45) is 0. The Labute approximate surface area is 43.3 Å². The van der Waals surface area contributed by atoms with Gasteiger partial charge in [-0.15, -0.1) is 0 Å². The summed E-state index contributed by atoms with van der Waals surface area (Å²) < 4.78 is 0. The van der Waals surface area contributed by atoms with E-state index in [0.29, 0.717) is 0 Å². The van der Waals surface area contributed by atoms with Gasteiger partial charge in [-0.1, -0.05) is 0 Å². The maximum Gasteiger partial charge on any atom is 0.226 e. The van der Waals surface area contributed by atoms with E-state index < -0.39 is 5.02 Å². The molecule has 0 rings (SSSR count). The van der Waals surface area contributed by atoms with Crippen molar-refractivity contribution in [3.8, 4) is 0 Å². The second-order valence-electron chi connectivity index (χ2n) is 0.614. The predicted molar refractivity (Wildman–Crippen MR) is 18.8 cm³/mol. The maximum absolute atomic E-state index is 9.64. The molecule has 0 aromatic heterocycles. The number of nitrogens with zero attached hydrogens (tertiary/aromatic N) is 4. The van der Waals surface area contributed by atoms with Gasteiger partial charge in [0.15, 0.2) is 0 Å². The largest absolute Gasteiger partial charge is 0.337 e. The normalized spacial score (nSPS) is 12.4. The van der Waals surface area contributed by atoms with Gasteiger partial charge >= 0.3 is 0 Å². The summed E-state index contributed by atoms with van der Waals surface area (Å²) >= 11 is 0. The average molecular weight is 121 g/mol. The van der Waals surface area contributed by atoms with Crippen molar-refractivity contribution in [1.29, 1.82) is 0 Å². The van der Waals surface area contributed by atoms with Gasteiger partial charge in [-0.25, -0.2) is 0 Å². The van der Waals surface area contributed by atoms with Gasteiger partial charge in [-0.3, -0.25) is 11.1 Å². The molecule has 0 aliphatic carbocycles. The second kappa shape index (κ2) is 3.74. The van der Waals surface area contributed by atoms with Gasteiger partial charge in [-0.05, 0) is 0 Å². The molecule has 0 radical (unpaired) electrons. The van der Waals surface area contributed by atoms with Crippen molar-refractivity contribution in [3.05, 3.63) is 5.21 Å². The van der Waals surface area contributed by atoms with Gasteiger partial charge in [0.2, 0.25) is 10.4 Å². The van der Waals surface area contributed by atoms with E-state index in [1.54, 1.807) is 0 Å². The Kier molecular flexibility index (Phi) is 3.07. The molecule has 0 aromatic carbocycles. The van der Waals surface area contributed by atoms with Crippen LogP contribution in [0.2, 0.25) is 0 Å². The lowest BCUT2D eigenvalue weighted by atomic mass is 12.5. The summed E-state index contributed by atoms with van der Waals surface area (Å²) in [7, 11) is 0. The molecule has 3 N–H and O–H groups in total. The van der Waals surface area contributed by atoms with Gasteiger partial charge in [0.25, 0.3) is 0 Å². The first-order chi connectivity index (χ1) is 3.81. The number of rotatable bonds is 2. The highest BCUT2D eigenvalue weighted by Crippen LogP contribution is 1.74. The highest BCUT2D eigenvalue weighted by Gasteiger charge is 1.82. The minimum atomic E-state index is -0.573. The lowest BCUT2D eigenvalue weighted by Crippen LogP contribution is -1.95. The Morgan fingerprint density at radius 1 is 1.75 bits per heavy atom. The van der Waals surface area contributed by atoms with E-state index in [9.17, 15) is 5.21 Å². The van der Waals surface area contributed by atoms with Crippen LogP contribution in [-0.2, 0) is 4.99 Å². The van der Waals surface area contributed by atoms with Crippen molar-refractivity contribution >= 4 is 0 Å². The molecule has 8 heavy (non-hydrogen) atoms. The lowest BCUT2D eigenvalue weighted by Gasteiger charge is -1.90. The first kappa shape index (κ1) is 6.56. The summed E-state index contributed by atoms with van der Waals surface area (Å²) in [6.45, 7) is 0. The van der Waals surface area contributed by atoms with Gasteiger partial charge in [-0.2, -0.15) is 0 Å². The number of hydrogen-bond acceptors (Lipinski definition) is 4. The van der Waals surface area contributed by atoms with E-state index in [-0.39, 0.29) is 0 Å². The van der Waals surface area contributed by atoms with Gasteiger partial charge < -0.3 is 10.2 Å². The molecule has 0 saturated heterocycles. The topological polar surface area (TPSA) is 119 Å². The van der Waals surface area contributed by atoms with Crippen LogP contribution >= 0.6 is 0 Å². The quantitative estimate of drug-likeness (QED) is 0.223. The molecule has 0 fully saturated rings. The Hall–Kier alpha value is -1.44. The molecule has 0 spiro atoms. The molecule has 0 heterocycles. The van der Waals surface area contributed by atoms with E-state index >= 15 is 0 Å². The zero-order valence-corrected chi connectivity index (χ0v) is 3.63. The van der Waals surface area contributed by atoms with Crippen molar-refractivity contribution in [2.75, 3.05) is 0 Å². The van der Waals surface area contributed by atoms with Gasteiger partial charge in [0.05, 0.1) is 10.2 Å². The standard InChI is InChI=1S/H3N5O3/c1-2-3-4-5(6)8-7/h7H,(H2,1,3). The molecule has 0 aromatic rings. The fourth-order valence-electron chi connectivity index (χ4n) is 0.0721. The molecule has 46 valence electrons. The van der Waals surface area contributed by atoms with Gasteiger partial charge in [0, 0.05) is 0 Å². The minimum Gasteiger partial charge on any atom is -0.337 e. The molecule has 0 aliphatic heterocycles. The highest BCUT2D eigenvalue weighted by molar-refractivity contribution is 3.91. The van der Waals surface area contributed by atoms with Crippen molar-refractivity contribution in [2.45, 2.75) is 0 Å². The third kappa shape index (κ3) is 2.78. The summed E-state index contributed by atoms with van der Waals surface area (Å²) in [6, 6.07) is 0. The molecule has 0 saturated carbocycles. The second-order valence-corrected chi connectivity index (χ2v) is 0.614. The Bertz CT molecular complexity index is 104. The Morgan fingerprint density at radius 2 is 2.38 bits per heavy atom. The lowest BCUT2D eigenvalue weighted by molar-refractivity contribution is -0.873. The molecular formula is H3N5O3. The highest BCUT2D eigenvalue weighted by atomic mass is 17.2. The van der Waals surface area contributed by atoms with E-state index in [2.05, 4.69) is 26.5 Å². The van der Waals surface area contributed by atoms with E-state index in [0.717, 1.165) is 0 Å². The number of nitrogens with two attached hydrogens (primary N) is 1. The fourth-order valence-corrected chi connectivity index (χ4v) is 0.0721. The maximum atomic E-state index is 9.64. The van der Waals surface area contributed by atoms with Crippen LogP contribution in [0.4, 0.5) is 0 Å². The van der Waals surface area contributed by atoms with Crippen LogP contribution in [0.25, 0.3) is 0 Å². The van der Waals surface area contributed by atoms with E-state index in [1.807, 2.05) is 0 Å². The Balaban J connectivity index is 3.57. The molecular weight excluding hydrogens is 118 g/mol. The van der Waals surface area contributed by atoms with E-state index in [1.165, 1.54) is 0 Å². The smallest absolute Gasteiger partial charge is 0.226 e. The summed E-state index contributed by atoms with van der Waals surface area (Å²) in [5.74, 6) is 4.39. The molecule has 0 bridgehead atoms. The van der Waals surface area contributed by atoms with Crippen molar-refractivity contribution in [3.63, 3.8) is 0 Å². The van der Waals surface area contributed by atoms with Gasteiger partial charge in [0.1, 0.15) is 0 Å². The number of hydrogen-bond donors (Lipinski definition) is 2. The van der Waals surface area contributed by atoms with Crippen molar-refractivity contribution < 1.29 is 15.3 Å². The minimum absolute atomic E-state index is 0.573. The van der Waals surface area contributed by atoms with Crippen molar-refractivity contribution in [1.82, 2.24) is 0 Å². The van der Waals surface area contributed by atoms with Crippen LogP contribution in [0.5, 0.6) is 0 Å². The van der Waals surface area contributed by atoms with E-state index in [4.69, 9.17) is 5.26 Å². The third-order valence-corrected chi connectivity index (χ3v) is 0.235. The average Bonchev–Trinajstić information content (AvgIpc) is 1.83. The zero-order valence-electron chi connectivity index (χ0n) is 3.63. The Morgan fingerprint density at radius 3 is 2.75 bits per heavy atom. The summed E-state index contributed by atoms with van der Waals surface area (Å²) in [5, 5.41) is 24.2. The van der Waals surface area contributed by atoms with Crippen LogP contribution in [0.1, 0.15) is 0 Å². The first-order valence-corrected chi connectivity index (χ1v) is 1.41. The molecule has 0 unspecified atom stereocenters. The SMILES string of the molecule is NN=NN=[N+]([O-])OO. The van der Waals surface area contributed by atoms with Crippen LogP contribution in [0.15, 0.2) is 15.7 Å². The zero-order chi connectivity index (χ0) is 6.41. The van der Waals surface area contributed by atoms with Crippen LogP contribution in [0.3, 0.4) is 0 Å². The first-order valence-electron chi connectivity index (χ1n) is 1.41. The van der Waals surface area contributed by atoms with Crippen LogP contribution < -0.4 is 5.84 Å². The summed E-state index contributed by atoms with van der Waals surface area (Å²) in [4.78, 5) is 2.95. The van der Waals surface area contributed by atoms with Crippen LogP contribution in [0, 0.1) is 5.21 Å². The molecule has 8 nitrogen and oxygen atoms in total. The fraction of sp³-hybridized carbons (Fsp3) is 0. The molecule has 0 amide bonds. The third-order valence-electron chi connectivity index (χ3n) is 0.235. The predicted octanol–water partition coefficient (Wildman–Crippen LogP) is -0.406.